The molecule has 2 saturated carbocycles. The Morgan fingerprint density at radius 2 is 1.95 bits per heavy atom. The van der Waals surface area contributed by atoms with Crippen molar-refractivity contribution in [2.75, 3.05) is 32.4 Å². The molecule has 1 aliphatic heterocycles. The minimum atomic E-state index is 0.640. The third-order valence-electron chi connectivity index (χ3n) is 5.48. The Labute approximate surface area is 123 Å². The molecule has 2 nitrogen and oxygen atoms in total. The van der Waals surface area contributed by atoms with Crippen molar-refractivity contribution in [2.45, 2.75) is 62.2 Å². The minimum Gasteiger partial charge on any atom is -0.312 e. The summed E-state index contributed by atoms with van der Waals surface area (Å²) in [5.74, 6) is 0.957. The monoisotopic (exact) mass is 282 g/mol. The summed E-state index contributed by atoms with van der Waals surface area (Å²) in [5, 5.41) is 3.86. The molecule has 0 amide bonds. The summed E-state index contributed by atoms with van der Waals surface area (Å²) < 4.78 is 0.640. The number of nitrogens with zero attached hydrogens (tertiary/aromatic N) is 1. The summed E-state index contributed by atoms with van der Waals surface area (Å²) >= 11 is 2.11. The molecule has 1 atom stereocenters. The molecule has 1 N–H and O–H groups in total. The maximum atomic E-state index is 3.86. The van der Waals surface area contributed by atoms with Gasteiger partial charge in [0.2, 0.25) is 0 Å². The van der Waals surface area contributed by atoms with E-state index in [1.54, 1.807) is 0 Å². The third-order valence-corrected chi connectivity index (χ3v) is 6.89. The van der Waals surface area contributed by atoms with Crippen molar-refractivity contribution >= 4 is 11.8 Å². The van der Waals surface area contributed by atoms with Crippen molar-refractivity contribution in [3.63, 3.8) is 0 Å². The van der Waals surface area contributed by atoms with Gasteiger partial charge in [-0.05, 0) is 57.4 Å². The Balaban J connectivity index is 1.56. The molecule has 0 radical (unpaired) electrons. The highest BCUT2D eigenvalue weighted by Crippen LogP contribution is 2.47. The molecule has 1 unspecified atom stereocenters. The van der Waals surface area contributed by atoms with Crippen molar-refractivity contribution in [3.05, 3.63) is 0 Å². The number of hydrogen-bond donors (Lipinski definition) is 1. The Morgan fingerprint density at radius 3 is 2.63 bits per heavy atom. The van der Waals surface area contributed by atoms with E-state index in [-0.39, 0.29) is 0 Å². The van der Waals surface area contributed by atoms with E-state index < -0.39 is 0 Å². The van der Waals surface area contributed by atoms with Gasteiger partial charge in [0.25, 0.3) is 0 Å². The summed E-state index contributed by atoms with van der Waals surface area (Å²) in [4.78, 5) is 2.78. The normalized spacial score (nSPS) is 33.0. The lowest BCUT2D eigenvalue weighted by Crippen LogP contribution is -2.45. The van der Waals surface area contributed by atoms with Crippen molar-refractivity contribution in [1.82, 2.24) is 10.2 Å². The molecule has 3 heteroatoms. The van der Waals surface area contributed by atoms with Gasteiger partial charge < -0.3 is 10.2 Å². The molecule has 19 heavy (non-hydrogen) atoms. The zero-order valence-electron chi connectivity index (χ0n) is 12.5. The van der Waals surface area contributed by atoms with E-state index >= 15 is 0 Å². The predicted octanol–water partition coefficient (Wildman–Crippen LogP) is 3.13. The SMILES string of the molecule is CSC1(CN2CCCNC(C3CCCCC3)C2)CC1. The third kappa shape index (κ3) is 3.68. The predicted molar refractivity (Wildman–Crippen MR) is 84.9 cm³/mol. The topological polar surface area (TPSA) is 15.3 Å². The second-order valence-electron chi connectivity index (χ2n) is 6.93. The molecule has 110 valence electrons. The van der Waals surface area contributed by atoms with E-state index in [2.05, 4.69) is 28.2 Å². The van der Waals surface area contributed by atoms with E-state index in [0.717, 1.165) is 12.0 Å². The molecular weight excluding hydrogens is 252 g/mol. The van der Waals surface area contributed by atoms with Crippen LogP contribution in [0.2, 0.25) is 0 Å². The highest BCUT2D eigenvalue weighted by molar-refractivity contribution is 8.00. The van der Waals surface area contributed by atoms with Crippen molar-refractivity contribution < 1.29 is 0 Å². The number of nitrogens with one attached hydrogen (secondary N) is 1. The Kier molecular flexibility index (Phi) is 4.76. The number of rotatable bonds is 4. The fourth-order valence-electron chi connectivity index (χ4n) is 3.99. The average Bonchev–Trinajstić information content (AvgIpc) is 3.25. The Hall–Kier alpha value is 0.270. The first-order valence-corrected chi connectivity index (χ1v) is 9.55. The van der Waals surface area contributed by atoms with Crippen LogP contribution in [0.1, 0.15) is 51.4 Å². The van der Waals surface area contributed by atoms with E-state index in [0.29, 0.717) is 4.75 Å². The van der Waals surface area contributed by atoms with Crippen LogP contribution in [-0.2, 0) is 0 Å². The first-order valence-electron chi connectivity index (χ1n) is 8.32. The van der Waals surface area contributed by atoms with Gasteiger partial charge in [0.15, 0.2) is 0 Å². The summed E-state index contributed by atoms with van der Waals surface area (Å²) in [6.07, 6.45) is 13.9. The second kappa shape index (κ2) is 6.36. The molecule has 0 spiro atoms. The summed E-state index contributed by atoms with van der Waals surface area (Å²) in [6, 6.07) is 0.778. The fraction of sp³-hybridized carbons (Fsp3) is 1.00. The zero-order chi connectivity index (χ0) is 13.1. The first kappa shape index (κ1) is 14.2. The van der Waals surface area contributed by atoms with Gasteiger partial charge in [-0.25, -0.2) is 0 Å². The zero-order valence-corrected chi connectivity index (χ0v) is 13.3. The first-order chi connectivity index (χ1) is 9.31. The van der Waals surface area contributed by atoms with Gasteiger partial charge in [0.05, 0.1) is 0 Å². The molecule has 3 rings (SSSR count). The molecule has 3 aliphatic rings. The number of thioether (sulfide) groups is 1. The van der Waals surface area contributed by atoms with Crippen LogP contribution in [0.5, 0.6) is 0 Å². The van der Waals surface area contributed by atoms with Crippen LogP contribution in [0.25, 0.3) is 0 Å². The van der Waals surface area contributed by atoms with Gasteiger partial charge in [0.1, 0.15) is 0 Å². The molecular formula is C16H30N2S. The van der Waals surface area contributed by atoms with Gasteiger partial charge in [-0.2, -0.15) is 11.8 Å². The lowest BCUT2D eigenvalue weighted by atomic mass is 9.83. The van der Waals surface area contributed by atoms with E-state index in [1.807, 2.05) is 0 Å². The molecule has 3 fully saturated rings. The van der Waals surface area contributed by atoms with Crippen LogP contribution in [0.3, 0.4) is 0 Å². The maximum absolute atomic E-state index is 3.86. The summed E-state index contributed by atoms with van der Waals surface area (Å²) in [5.41, 5.74) is 0. The lowest BCUT2D eigenvalue weighted by Gasteiger charge is -2.34. The molecule has 0 aromatic carbocycles. The maximum Gasteiger partial charge on any atom is 0.0285 e. The van der Waals surface area contributed by atoms with Crippen LogP contribution >= 0.6 is 11.8 Å². The van der Waals surface area contributed by atoms with Crippen molar-refractivity contribution in [1.29, 1.82) is 0 Å². The highest BCUT2D eigenvalue weighted by atomic mass is 32.2. The van der Waals surface area contributed by atoms with E-state index in [9.17, 15) is 0 Å². The van der Waals surface area contributed by atoms with Gasteiger partial charge in [-0.1, -0.05) is 19.3 Å². The minimum absolute atomic E-state index is 0.640. The van der Waals surface area contributed by atoms with E-state index in [4.69, 9.17) is 0 Å². The molecule has 0 bridgehead atoms. The second-order valence-corrected chi connectivity index (χ2v) is 8.21. The Morgan fingerprint density at radius 1 is 1.16 bits per heavy atom. The molecule has 2 aliphatic carbocycles. The Bertz CT molecular complexity index is 284. The standard InChI is InChI=1S/C16H30N2S/c1-19-16(8-9-16)13-18-11-5-10-17-15(12-18)14-6-3-2-4-7-14/h14-15,17H,2-13H2,1H3. The molecule has 0 aromatic rings. The average molecular weight is 282 g/mol. The lowest BCUT2D eigenvalue weighted by molar-refractivity contribution is 0.205. The van der Waals surface area contributed by atoms with Crippen molar-refractivity contribution in [3.8, 4) is 0 Å². The van der Waals surface area contributed by atoms with E-state index in [1.165, 1.54) is 77.5 Å². The van der Waals surface area contributed by atoms with Crippen LogP contribution in [-0.4, -0.2) is 48.1 Å². The summed E-state index contributed by atoms with van der Waals surface area (Å²) in [6.45, 7) is 5.22. The van der Waals surface area contributed by atoms with Crippen LogP contribution in [0.4, 0.5) is 0 Å². The van der Waals surface area contributed by atoms with Crippen LogP contribution in [0.15, 0.2) is 0 Å². The number of hydrogen-bond acceptors (Lipinski definition) is 3. The fourth-order valence-corrected chi connectivity index (χ4v) is 4.82. The molecule has 1 saturated heterocycles. The van der Waals surface area contributed by atoms with Crippen LogP contribution in [0, 0.1) is 5.92 Å². The molecule has 1 heterocycles. The van der Waals surface area contributed by atoms with Gasteiger partial charge in [-0.15, -0.1) is 0 Å². The van der Waals surface area contributed by atoms with Gasteiger partial charge in [0, 0.05) is 23.9 Å². The van der Waals surface area contributed by atoms with Gasteiger partial charge >= 0.3 is 0 Å². The quantitative estimate of drug-likeness (QED) is 0.853. The largest absolute Gasteiger partial charge is 0.312 e. The van der Waals surface area contributed by atoms with Gasteiger partial charge in [-0.3, -0.25) is 0 Å². The van der Waals surface area contributed by atoms with Crippen LogP contribution < -0.4 is 5.32 Å². The highest BCUT2D eigenvalue weighted by Gasteiger charge is 2.43. The smallest absolute Gasteiger partial charge is 0.0285 e. The summed E-state index contributed by atoms with van der Waals surface area (Å²) in [7, 11) is 0. The molecule has 0 aromatic heterocycles. The van der Waals surface area contributed by atoms with Crippen molar-refractivity contribution in [2.24, 2.45) is 5.92 Å².